The largest absolute Gasteiger partial charge is 0.396 e. The molecule has 0 radical (unpaired) electrons. The highest BCUT2D eigenvalue weighted by atomic mass is 16.5. The van der Waals surface area contributed by atoms with Gasteiger partial charge in [-0.3, -0.25) is 4.79 Å². The van der Waals surface area contributed by atoms with Crippen LogP contribution < -0.4 is 5.32 Å². The highest BCUT2D eigenvalue weighted by Gasteiger charge is 2.16. The number of nitrogens with zero attached hydrogens (tertiary/aromatic N) is 1. The van der Waals surface area contributed by atoms with E-state index in [9.17, 15) is 4.79 Å². The Balaban J connectivity index is 2.30. The third-order valence-corrected chi connectivity index (χ3v) is 3.30. The third kappa shape index (κ3) is 5.03. The lowest BCUT2D eigenvalue weighted by atomic mass is 9.89. The number of amides is 1. The summed E-state index contributed by atoms with van der Waals surface area (Å²) in [5, 5.41) is 15.8. The van der Waals surface area contributed by atoms with E-state index < -0.39 is 0 Å². The molecule has 1 aromatic rings. The van der Waals surface area contributed by atoms with E-state index >= 15 is 0 Å². The van der Waals surface area contributed by atoms with Crippen molar-refractivity contribution in [2.24, 2.45) is 5.41 Å². The number of aliphatic hydroxyl groups is 1. The van der Waals surface area contributed by atoms with Gasteiger partial charge < -0.3 is 14.9 Å². The zero-order valence-electron chi connectivity index (χ0n) is 12.2. The third-order valence-electron chi connectivity index (χ3n) is 3.30. The number of rotatable bonds is 7. The summed E-state index contributed by atoms with van der Waals surface area (Å²) in [6.07, 6.45) is 2.06. The van der Waals surface area contributed by atoms with Gasteiger partial charge in [-0.05, 0) is 32.1 Å². The zero-order valence-corrected chi connectivity index (χ0v) is 12.2. The number of nitrogens with one attached hydrogen (secondary N) is 1. The monoisotopic (exact) mass is 268 g/mol. The van der Waals surface area contributed by atoms with Gasteiger partial charge in [-0.1, -0.05) is 19.0 Å². The molecule has 108 valence electrons. The molecule has 2 N–H and O–H groups in total. The van der Waals surface area contributed by atoms with Crippen molar-refractivity contribution in [2.75, 3.05) is 13.2 Å². The summed E-state index contributed by atoms with van der Waals surface area (Å²) < 4.78 is 5.02. The first-order chi connectivity index (χ1) is 8.85. The van der Waals surface area contributed by atoms with E-state index in [2.05, 4.69) is 10.5 Å². The number of hydrogen-bond donors (Lipinski definition) is 2. The first-order valence-corrected chi connectivity index (χ1v) is 6.65. The lowest BCUT2D eigenvalue weighted by Crippen LogP contribution is -2.28. The summed E-state index contributed by atoms with van der Waals surface area (Å²) in [6, 6.07) is 0. The second kappa shape index (κ2) is 6.70. The van der Waals surface area contributed by atoms with E-state index in [1.807, 2.05) is 27.7 Å². The molecule has 0 aliphatic carbocycles. The number of carbonyl (C=O) groups excluding carboxylic acids is 1. The molecule has 1 amide bonds. The van der Waals surface area contributed by atoms with Crippen LogP contribution in [0.15, 0.2) is 4.52 Å². The van der Waals surface area contributed by atoms with Crippen LogP contribution >= 0.6 is 0 Å². The van der Waals surface area contributed by atoms with E-state index in [1.165, 1.54) is 0 Å². The molecule has 0 aromatic carbocycles. The molecule has 0 aliphatic heterocycles. The molecule has 0 aliphatic rings. The molecule has 0 bridgehead atoms. The maximum absolute atomic E-state index is 11.8. The van der Waals surface area contributed by atoms with Crippen LogP contribution in [0.4, 0.5) is 0 Å². The fourth-order valence-corrected chi connectivity index (χ4v) is 1.85. The molecule has 0 saturated heterocycles. The summed E-state index contributed by atoms with van der Waals surface area (Å²) in [5.74, 6) is 0.685. The predicted octanol–water partition coefficient (Wildman–Crippen LogP) is 1.75. The molecule has 0 atom stereocenters. The normalized spacial score (nSPS) is 11.6. The minimum atomic E-state index is -0.0770. The molecule has 0 fully saturated rings. The molecule has 5 nitrogen and oxygen atoms in total. The van der Waals surface area contributed by atoms with Gasteiger partial charge in [0.25, 0.3) is 0 Å². The molecule has 1 heterocycles. The Hall–Kier alpha value is -1.36. The average molecular weight is 268 g/mol. The molecular weight excluding hydrogens is 244 g/mol. The Bertz CT molecular complexity index is 405. The minimum Gasteiger partial charge on any atom is -0.396 e. The van der Waals surface area contributed by atoms with Crippen molar-refractivity contribution < 1.29 is 14.4 Å². The summed E-state index contributed by atoms with van der Waals surface area (Å²) in [6.45, 7) is 8.47. The van der Waals surface area contributed by atoms with Crippen LogP contribution in [0.25, 0.3) is 0 Å². The van der Waals surface area contributed by atoms with Crippen molar-refractivity contribution in [1.29, 1.82) is 0 Å². The van der Waals surface area contributed by atoms with Gasteiger partial charge in [0.1, 0.15) is 5.76 Å². The molecule has 0 spiro atoms. The summed E-state index contributed by atoms with van der Waals surface area (Å²) in [7, 11) is 0. The van der Waals surface area contributed by atoms with Gasteiger partial charge in [0, 0.05) is 18.7 Å². The quantitative estimate of drug-likeness (QED) is 0.739. The number of aromatic nitrogens is 1. The predicted molar refractivity (Wildman–Crippen MR) is 72.8 cm³/mol. The standard InChI is InChI=1S/C14H24N2O3/c1-10-12(11(2)19-16-10)8-13(18)15-7-5-6-14(3,4)9-17/h17H,5-9H2,1-4H3,(H,15,18). The van der Waals surface area contributed by atoms with Gasteiger partial charge in [0.15, 0.2) is 0 Å². The van der Waals surface area contributed by atoms with Crippen molar-refractivity contribution in [1.82, 2.24) is 10.5 Å². The molecule has 0 unspecified atom stereocenters. The first-order valence-electron chi connectivity index (χ1n) is 6.65. The van der Waals surface area contributed by atoms with E-state index in [1.54, 1.807) is 0 Å². The maximum atomic E-state index is 11.8. The lowest BCUT2D eigenvalue weighted by molar-refractivity contribution is -0.120. The topological polar surface area (TPSA) is 75.4 Å². The van der Waals surface area contributed by atoms with E-state index in [4.69, 9.17) is 9.63 Å². The minimum absolute atomic E-state index is 0.0174. The van der Waals surface area contributed by atoms with Crippen LogP contribution in [0.5, 0.6) is 0 Å². The van der Waals surface area contributed by atoms with Crippen molar-refractivity contribution in [3.63, 3.8) is 0 Å². The van der Waals surface area contributed by atoms with Gasteiger partial charge in [-0.15, -0.1) is 0 Å². The second-order valence-electron chi connectivity index (χ2n) is 5.76. The Labute approximate surface area is 114 Å². The molecule has 1 rings (SSSR count). The average Bonchev–Trinajstić information content (AvgIpc) is 2.66. The number of carbonyl (C=O) groups is 1. The lowest BCUT2D eigenvalue weighted by Gasteiger charge is -2.21. The SMILES string of the molecule is Cc1noc(C)c1CC(=O)NCCCC(C)(C)CO. The number of aliphatic hydroxyl groups excluding tert-OH is 1. The van der Waals surface area contributed by atoms with Crippen LogP contribution in [-0.4, -0.2) is 29.3 Å². The van der Waals surface area contributed by atoms with E-state index in [0.29, 0.717) is 18.7 Å². The fraction of sp³-hybridized carbons (Fsp3) is 0.714. The maximum Gasteiger partial charge on any atom is 0.224 e. The van der Waals surface area contributed by atoms with Gasteiger partial charge in [-0.2, -0.15) is 0 Å². The number of hydrogen-bond acceptors (Lipinski definition) is 4. The van der Waals surface area contributed by atoms with Gasteiger partial charge in [0.05, 0.1) is 12.1 Å². The van der Waals surface area contributed by atoms with Crippen molar-refractivity contribution >= 4 is 5.91 Å². The smallest absolute Gasteiger partial charge is 0.224 e. The summed E-state index contributed by atoms with van der Waals surface area (Å²) >= 11 is 0. The zero-order chi connectivity index (χ0) is 14.5. The molecule has 5 heteroatoms. The van der Waals surface area contributed by atoms with Crippen LogP contribution in [0.2, 0.25) is 0 Å². The summed E-state index contributed by atoms with van der Waals surface area (Å²) in [5.41, 5.74) is 1.56. The van der Waals surface area contributed by atoms with Crippen molar-refractivity contribution in [3.8, 4) is 0 Å². The fourth-order valence-electron chi connectivity index (χ4n) is 1.85. The highest BCUT2D eigenvalue weighted by Crippen LogP contribution is 2.20. The van der Waals surface area contributed by atoms with Crippen molar-refractivity contribution in [3.05, 3.63) is 17.0 Å². The highest BCUT2D eigenvalue weighted by molar-refractivity contribution is 5.78. The first kappa shape index (κ1) is 15.7. The second-order valence-corrected chi connectivity index (χ2v) is 5.76. The van der Waals surface area contributed by atoms with Gasteiger partial charge >= 0.3 is 0 Å². The Morgan fingerprint density at radius 3 is 2.63 bits per heavy atom. The summed E-state index contributed by atoms with van der Waals surface area (Å²) in [4.78, 5) is 11.8. The van der Waals surface area contributed by atoms with E-state index in [-0.39, 0.29) is 17.9 Å². The van der Waals surface area contributed by atoms with Gasteiger partial charge in [-0.25, -0.2) is 0 Å². The van der Waals surface area contributed by atoms with Crippen molar-refractivity contribution in [2.45, 2.75) is 47.0 Å². The number of aryl methyl sites for hydroxylation is 2. The van der Waals surface area contributed by atoms with Crippen LogP contribution in [0.1, 0.15) is 43.7 Å². The Kier molecular flexibility index (Phi) is 5.54. The molecule has 1 aromatic heterocycles. The molecule has 0 saturated carbocycles. The molecule has 19 heavy (non-hydrogen) atoms. The Morgan fingerprint density at radius 1 is 1.42 bits per heavy atom. The van der Waals surface area contributed by atoms with Gasteiger partial charge in [0.2, 0.25) is 5.91 Å². The molecular formula is C14H24N2O3. The Morgan fingerprint density at radius 2 is 2.11 bits per heavy atom. The van der Waals surface area contributed by atoms with Crippen LogP contribution in [-0.2, 0) is 11.2 Å². The van der Waals surface area contributed by atoms with Crippen LogP contribution in [0, 0.1) is 19.3 Å². The van der Waals surface area contributed by atoms with Crippen LogP contribution in [0.3, 0.4) is 0 Å². The van der Waals surface area contributed by atoms with E-state index in [0.717, 1.165) is 24.1 Å².